The van der Waals surface area contributed by atoms with Gasteiger partial charge in [0.1, 0.15) is 11.9 Å². The van der Waals surface area contributed by atoms with Crippen molar-refractivity contribution in [3.63, 3.8) is 0 Å². The van der Waals surface area contributed by atoms with E-state index >= 15 is 0 Å². The Morgan fingerprint density at radius 3 is 2.59 bits per heavy atom. The number of nitrogens with one attached hydrogen (secondary N) is 1. The number of aromatic nitrogens is 5. The molecule has 9 heteroatoms. The molecular weight excluding hydrogens is 430 g/mol. The number of amides is 2. The molecule has 0 saturated carbocycles. The van der Waals surface area contributed by atoms with E-state index in [1.54, 1.807) is 10.8 Å². The number of anilines is 1. The van der Waals surface area contributed by atoms with Crippen LogP contribution in [0, 0.1) is 13.8 Å². The van der Waals surface area contributed by atoms with Gasteiger partial charge in [0.2, 0.25) is 5.91 Å². The molecule has 34 heavy (non-hydrogen) atoms. The minimum atomic E-state index is -0.569. The zero-order valence-corrected chi connectivity index (χ0v) is 18.8. The van der Waals surface area contributed by atoms with Gasteiger partial charge in [-0.05, 0) is 62.2 Å². The number of primary amides is 1. The number of fused-ring (bicyclic) bond motifs is 2. The Hall–Kier alpha value is -4.53. The predicted octanol–water partition coefficient (Wildman–Crippen LogP) is 3.36. The number of imidazole rings is 1. The van der Waals surface area contributed by atoms with Crippen molar-refractivity contribution in [1.29, 1.82) is 0 Å². The zero-order chi connectivity index (χ0) is 23.8. The number of hydrogen-bond acceptors (Lipinski definition) is 5. The molecule has 0 fully saturated rings. The fourth-order valence-corrected chi connectivity index (χ4v) is 4.18. The molecule has 9 nitrogen and oxygen atoms in total. The van der Waals surface area contributed by atoms with Gasteiger partial charge in [0.25, 0.3) is 5.91 Å². The van der Waals surface area contributed by atoms with Crippen molar-refractivity contribution >= 4 is 34.2 Å². The van der Waals surface area contributed by atoms with E-state index in [0.29, 0.717) is 12.1 Å². The Bertz CT molecular complexity index is 1550. The van der Waals surface area contributed by atoms with Crippen molar-refractivity contribution in [1.82, 2.24) is 24.1 Å². The summed E-state index contributed by atoms with van der Waals surface area (Å²) in [5, 5.41) is 7.18. The number of rotatable bonds is 6. The summed E-state index contributed by atoms with van der Waals surface area (Å²) >= 11 is 0. The van der Waals surface area contributed by atoms with Crippen molar-refractivity contribution < 1.29 is 9.59 Å². The van der Waals surface area contributed by atoms with Crippen LogP contribution in [0.2, 0.25) is 0 Å². The molecule has 5 aromatic rings. The molecule has 0 bridgehead atoms. The molecule has 3 aromatic heterocycles. The first-order chi connectivity index (χ1) is 16.4. The van der Waals surface area contributed by atoms with E-state index in [1.165, 1.54) is 6.20 Å². The lowest BCUT2D eigenvalue weighted by Gasteiger charge is -2.12. The van der Waals surface area contributed by atoms with E-state index in [0.717, 1.165) is 39.4 Å². The summed E-state index contributed by atoms with van der Waals surface area (Å²) in [5.74, 6) is -0.668. The van der Waals surface area contributed by atoms with Gasteiger partial charge in [-0.15, -0.1) is 0 Å². The molecule has 0 aliphatic carbocycles. The molecule has 5 rings (SSSR count). The monoisotopic (exact) mass is 453 g/mol. The Kier molecular flexibility index (Phi) is 5.29. The van der Waals surface area contributed by atoms with E-state index < -0.39 is 5.91 Å². The lowest BCUT2D eigenvalue weighted by Crippen LogP contribution is -2.15. The van der Waals surface area contributed by atoms with Crippen LogP contribution in [-0.2, 0) is 11.2 Å². The van der Waals surface area contributed by atoms with Gasteiger partial charge in [-0.25, -0.2) is 14.5 Å². The van der Waals surface area contributed by atoms with E-state index in [2.05, 4.69) is 20.4 Å². The van der Waals surface area contributed by atoms with E-state index in [9.17, 15) is 9.59 Å². The maximum atomic E-state index is 12.6. The second-order valence-corrected chi connectivity index (χ2v) is 8.12. The van der Waals surface area contributed by atoms with E-state index in [4.69, 9.17) is 5.73 Å². The summed E-state index contributed by atoms with van der Waals surface area (Å²) in [5.41, 5.74) is 12.3. The van der Waals surface area contributed by atoms with Crippen molar-refractivity contribution in [2.24, 2.45) is 5.73 Å². The molecule has 0 saturated heterocycles. The third-order valence-corrected chi connectivity index (χ3v) is 5.96. The summed E-state index contributed by atoms with van der Waals surface area (Å²) in [6, 6.07) is 15.6. The number of nitrogens with zero attached hydrogens (tertiary/aromatic N) is 5. The van der Waals surface area contributed by atoms with Gasteiger partial charge in [0, 0.05) is 29.2 Å². The maximum Gasteiger partial charge on any atom is 0.254 e. The van der Waals surface area contributed by atoms with Crippen LogP contribution in [0.1, 0.15) is 33.7 Å². The largest absolute Gasteiger partial charge is 0.365 e. The van der Waals surface area contributed by atoms with Crippen LogP contribution in [0.4, 0.5) is 5.69 Å². The lowest BCUT2D eigenvalue weighted by molar-refractivity contribution is -0.116. The molecule has 3 heterocycles. The van der Waals surface area contributed by atoms with Crippen LogP contribution < -0.4 is 11.1 Å². The summed E-state index contributed by atoms with van der Waals surface area (Å²) in [7, 11) is 0. The molecule has 0 atom stereocenters. The number of carbonyl (C=O) groups excluding carboxylic acids is 2. The highest BCUT2D eigenvalue weighted by Gasteiger charge is 2.17. The van der Waals surface area contributed by atoms with Crippen LogP contribution in [-0.4, -0.2) is 36.0 Å². The van der Waals surface area contributed by atoms with Gasteiger partial charge in [-0.2, -0.15) is 5.10 Å². The average molecular weight is 454 g/mol. The topological polar surface area (TPSA) is 120 Å². The smallest absolute Gasteiger partial charge is 0.254 e. The summed E-state index contributed by atoms with van der Waals surface area (Å²) in [4.78, 5) is 33.1. The highest BCUT2D eigenvalue weighted by Crippen LogP contribution is 2.21. The number of hydrogen-bond donors (Lipinski definition) is 2. The Morgan fingerprint density at radius 1 is 1.06 bits per heavy atom. The van der Waals surface area contributed by atoms with Gasteiger partial charge in [-0.3, -0.25) is 14.2 Å². The molecule has 0 radical (unpaired) electrons. The third-order valence-electron chi connectivity index (χ3n) is 5.96. The number of carbonyl (C=O) groups is 2. The molecule has 0 unspecified atom stereocenters. The van der Waals surface area contributed by atoms with Crippen LogP contribution in [0.3, 0.4) is 0 Å². The first kappa shape index (κ1) is 21.3. The number of nitrogens with two attached hydrogens (primary N) is 1. The highest BCUT2D eigenvalue weighted by molar-refractivity contribution is 5.98. The number of para-hydroxylation sites is 2. The zero-order valence-electron chi connectivity index (χ0n) is 18.8. The fourth-order valence-electron chi connectivity index (χ4n) is 4.18. The van der Waals surface area contributed by atoms with Crippen LogP contribution >= 0.6 is 0 Å². The van der Waals surface area contributed by atoms with Crippen molar-refractivity contribution in [3.8, 4) is 5.69 Å². The molecule has 0 spiro atoms. The summed E-state index contributed by atoms with van der Waals surface area (Å²) in [6.07, 6.45) is 3.99. The SMILES string of the molecule is Cc1nc2c(C(N)=O)cnn2c(C)c1CCC(=O)Nc1ccc(-n2cnc3ccccc32)cc1. The normalized spacial score (nSPS) is 11.2. The first-order valence-electron chi connectivity index (χ1n) is 10.9. The number of benzene rings is 2. The maximum absolute atomic E-state index is 12.6. The van der Waals surface area contributed by atoms with Gasteiger partial charge >= 0.3 is 0 Å². The summed E-state index contributed by atoms with van der Waals surface area (Å²) < 4.78 is 3.60. The molecular formula is C25H23N7O2. The van der Waals surface area contributed by atoms with Crippen LogP contribution in [0.25, 0.3) is 22.4 Å². The Labute approximate surface area is 195 Å². The molecule has 0 aliphatic rings. The van der Waals surface area contributed by atoms with Crippen LogP contribution in [0.5, 0.6) is 0 Å². The first-order valence-corrected chi connectivity index (χ1v) is 10.9. The minimum absolute atomic E-state index is 0.0991. The Balaban J connectivity index is 1.28. The van der Waals surface area contributed by atoms with E-state index in [-0.39, 0.29) is 17.9 Å². The van der Waals surface area contributed by atoms with Gasteiger partial charge in [0.15, 0.2) is 5.65 Å². The molecule has 0 aliphatic heterocycles. The van der Waals surface area contributed by atoms with Crippen molar-refractivity contribution in [3.05, 3.63) is 83.6 Å². The standard InChI is InChI=1S/C25H23N7O2/c1-15-19(16(2)32-25(29-15)20(13-28-32)24(26)34)11-12-23(33)30-17-7-9-18(10-8-17)31-14-27-21-5-3-4-6-22(21)31/h3-10,13-14H,11-12H2,1-2H3,(H2,26,34)(H,30,33). The van der Waals surface area contributed by atoms with Crippen molar-refractivity contribution in [2.45, 2.75) is 26.7 Å². The van der Waals surface area contributed by atoms with Gasteiger partial charge < -0.3 is 11.1 Å². The number of aryl methyl sites for hydroxylation is 2. The van der Waals surface area contributed by atoms with Crippen molar-refractivity contribution in [2.75, 3.05) is 5.32 Å². The molecule has 170 valence electrons. The lowest BCUT2D eigenvalue weighted by atomic mass is 10.1. The van der Waals surface area contributed by atoms with Gasteiger partial charge in [0.05, 0.1) is 17.2 Å². The second kappa shape index (κ2) is 8.43. The quantitative estimate of drug-likeness (QED) is 0.408. The van der Waals surface area contributed by atoms with Gasteiger partial charge in [-0.1, -0.05) is 12.1 Å². The average Bonchev–Trinajstić information content (AvgIpc) is 3.44. The Morgan fingerprint density at radius 2 is 1.82 bits per heavy atom. The molecule has 2 aromatic carbocycles. The van der Waals surface area contributed by atoms with Crippen LogP contribution in [0.15, 0.2) is 61.1 Å². The third kappa shape index (κ3) is 3.77. The summed E-state index contributed by atoms with van der Waals surface area (Å²) in [6.45, 7) is 3.75. The van der Waals surface area contributed by atoms with E-state index in [1.807, 2.05) is 66.9 Å². The fraction of sp³-hybridized carbons (Fsp3) is 0.160. The predicted molar refractivity (Wildman–Crippen MR) is 129 cm³/mol. The second-order valence-electron chi connectivity index (χ2n) is 8.12. The molecule has 3 N–H and O–H groups in total. The molecule has 2 amide bonds. The highest BCUT2D eigenvalue weighted by atomic mass is 16.2. The minimum Gasteiger partial charge on any atom is -0.365 e.